The van der Waals surface area contributed by atoms with Crippen molar-refractivity contribution < 1.29 is 90.8 Å². The van der Waals surface area contributed by atoms with Gasteiger partial charge in [-0.15, -0.1) is 0 Å². The highest BCUT2D eigenvalue weighted by Crippen LogP contribution is 2.60. The van der Waals surface area contributed by atoms with Crippen molar-refractivity contribution in [1.29, 1.82) is 0 Å². The summed E-state index contributed by atoms with van der Waals surface area (Å²) in [5.41, 5.74) is 6.78. The number of hydrogen-bond acceptors (Lipinski definition) is 20. The van der Waals surface area contributed by atoms with Gasteiger partial charge in [0.15, 0.2) is 29.9 Å². The second-order valence-electron chi connectivity index (χ2n) is 27.3. The second-order valence-corrected chi connectivity index (χ2v) is 27.3. The van der Waals surface area contributed by atoms with E-state index in [-0.39, 0.29) is 91.1 Å². The maximum atomic E-state index is 14.6. The standard InChI is InChI=1S/C59H85NO19/c1-25-16-31-8-10-35-26(2)17-33(64-35)12-14-59-55(63)56(7)52(78-59)51-50(75-56)49(77-59)48-36(67-51)11-9-32(66-48)18-43(62)71-46-30(6)47-54(70-39(46)19-37(65-31)29(25)5)72-53-42(69-47)24-58(79-53)23-41-45(76-58)28(4)22-57(74-41)21-27(3)44-40(73-57)20-38(68-44)34(61)13-15-60/h25,27-28,30-42,44-55,61,63H,2,5,8-24,60H2,1,3-4,6-7H3. The normalized spacial score (nSPS) is 58.7. The van der Waals surface area contributed by atoms with Crippen LogP contribution < -0.4 is 5.73 Å². The van der Waals surface area contributed by atoms with Crippen LogP contribution >= 0.6 is 0 Å². The molecule has 4 N–H and O–H groups in total. The number of carbonyl (C=O) groups is 1. The van der Waals surface area contributed by atoms with E-state index in [2.05, 4.69) is 33.9 Å². The molecule has 16 saturated heterocycles. The number of hydrogen-bond donors (Lipinski definition) is 3. The van der Waals surface area contributed by atoms with Gasteiger partial charge < -0.3 is 91.7 Å². The average Bonchev–Trinajstić information content (AvgIpc) is 2.93. The van der Waals surface area contributed by atoms with E-state index >= 15 is 0 Å². The predicted octanol–water partition coefficient (Wildman–Crippen LogP) is 4.43. The topological polar surface area (TPSA) is 231 Å². The number of carbonyl (C=O) groups excluding carboxylic acids is 1. The third-order valence-corrected chi connectivity index (χ3v) is 21.8. The van der Waals surface area contributed by atoms with Crippen molar-refractivity contribution in [3.8, 4) is 0 Å². The molecule has 20 nitrogen and oxygen atoms in total. The van der Waals surface area contributed by atoms with Gasteiger partial charge in [-0.25, -0.2) is 0 Å². The fourth-order valence-corrected chi connectivity index (χ4v) is 17.9. The van der Waals surface area contributed by atoms with E-state index in [1.54, 1.807) is 0 Å². The monoisotopic (exact) mass is 1110 g/mol. The summed E-state index contributed by atoms with van der Waals surface area (Å²) >= 11 is 0. The van der Waals surface area contributed by atoms with Crippen LogP contribution in [0.2, 0.25) is 0 Å². The summed E-state index contributed by atoms with van der Waals surface area (Å²) in [4.78, 5) is 14.6. The molecule has 20 heteroatoms. The van der Waals surface area contributed by atoms with Crippen molar-refractivity contribution in [3.63, 3.8) is 0 Å². The molecule has 32 unspecified atom stereocenters. The van der Waals surface area contributed by atoms with E-state index in [4.69, 9.17) is 81.5 Å². The van der Waals surface area contributed by atoms with Crippen LogP contribution in [0.3, 0.4) is 0 Å². The first-order valence-electron chi connectivity index (χ1n) is 30.5. The summed E-state index contributed by atoms with van der Waals surface area (Å²) in [6, 6.07) is 0. The lowest BCUT2D eigenvalue weighted by Crippen LogP contribution is -2.63. The van der Waals surface area contributed by atoms with Gasteiger partial charge in [0.2, 0.25) is 0 Å². The molecule has 0 saturated carbocycles. The lowest BCUT2D eigenvalue weighted by molar-refractivity contribution is -0.392. The molecule has 3 spiro atoms. The highest BCUT2D eigenvalue weighted by atomic mass is 16.9. The van der Waals surface area contributed by atoms with Crippen molar-refractivity contribution in [3.05, 3.63) is 24.3 Å². The average molecular weight is 1110 g/mol. The first kappa shape index (κ1) is 53.9. The maximum Gasteiger partial charge on any atom is 0.308 e. The van der Waals surface area contributed by atoms with E-state index in [0.29, 0.717) is 83.6 Å². The smallest absolute Gasteiger partial charge is 0.308 e. The molecule has 0 aromatic rings. The predicted molar refractivity (Wildman–Crippen MR) is 272 cm³/mol. The van der Waals surface area contributed by atoms with Gasteiger partial charge >= 0.3 is 5.97 Å². The Morgan fingerprint density at radius 2 is 1.33 bits per heavy atom. The van der Waals surface area contributed by atoms with Gasteiger partial charge in [-0.1, -0.05) is 40.9 Å². The molecule has 16 heterocycles. The quantitative estimate of drug-likeness (QED) is 0.262. The Balaban J connectivity index is 0.668. The molecular formula is C59H85NO19. The van der Waals surface area contributed by atoms with Gasteiger partial charge in [-0.3, -0.25) is 4.79 Å². The number of aliphatic hydroxyl groups is 2. The summed E-state index contributed by atoms with van der Waals surface area (Å²) in [5.74, 6) is -3.57. The van der Waals surface area contributed by atoms with E-state index in [1.165, 1.54) is 0 Å². The van der Waals surface area contributed by atoms with Crippen LogP contribution in [0.25, 0.3) is 0 Å². The molecule has 12 bridgehead atoms. The molecule has 0 aliphatic carbocycles. The van der Waals surface area contributed by atoms with E-state index in [1.807, 2.05) is 13.8 Å². The minimum absolute atomic E-state index is 0.00732. The SMILES string of the molecule is C=C1CC2CCC34OC5C6OC(CCC6OC6C5OC(C)(C6O3)C4O)CC(=O)OC3C(CC4OC(CCC1O2)CC(C)C4=C)OC1OC2OC4(CC2OC1C3C)CC1OC2(CC(C)C3OC(C(O)CCN)CC3O2)CC(C)C1O4. The van der Waals surface area contributed by atoms with E-state index in [0.717, 1.165) is 30.4 Å². The lowest BCUT2D eigenvalue weighted by Gasteiger charge is -2.50. The molecular weight excluding hydrogens is 1030 g/mol. The van der Waals surface area contributed by atoms with Crippen molar-refractivity contribution in [2.24, 2.45) is 29.4 Å². The van der Waals surface area contributed by atoms with Gasteiger partial charge in [0.25, 0.3) is 0 Å². The molecule has 0 amide bonds. The zero-order valence-electron chi connectivity index (χ0n) is 46.5. The van der Waals surface area contributed by atoms with E-state index < -0.39 is 115 Å². The lowest BCUT2D eigenvalue weighted by atomic mass is 9.80. The summed E-state index contributed by atoms with van der Waals surface area (Å²) in [6.45, 7) is 20.0. The zero-order valence-corrected chi connectivity index (χ0v) is 46.5. The van der Waals surface area contributed by atoms with Crippen LogP contribution in [0, 0.1) is 23.7 Å². The van der Waals surface area contributed by atoms with Gasteiger partial charge in [-0.2, -0.15) is 0 Å². The van der Waals surface area contributed by atoms with Gasteiger partial charge in [0.1, 0.15) is 66.6 Å². The molecule has 16 aliphatic rings. The number of aliphatic hydroxyl groups excluding tert-OH is 2. The fraction of sp³-hybridized carbons (Fsp3) is 0.915. The summed E-state index contributed by atoms with van der Waals surface area (Å²) in [6.07, 6.45) is -2.33. The Hall–Kier alpha value is -1.77. The maximum absolute atomic E-state index is 14.6. The molecule has 32 atom stereocenters. The Morgan fingerprint density at radius 3 is 2.16 bits per heavy atom. The number of ether oxygens (including phenoxy) is 16. The highest BCUT2D eigenvalue weighted by molar-refractivity contribution is 5.70. The number of esters is 1. The van der Waals surface area contributed by atoms with Crippen LogP contribution in [0.5, 0.6) is 0 Å². The molecule has 0 radical (unpaired) electrons. The van der Waals surface area contributed by atoms with Crippen LogP contribution in [0.4, 0.5) is 0 Å². The third-order valence-electron chi connectivity index (χ3n) is 21.8. The van der Waals surface area contributed by atoms with Crippen LogP contribution in [-0.4, -0.2) is 193 Å². The molecule has 79 heavy (non-hydrogen) atoms. The van der Waals surface area contributed by atoms with Crippen LogP contribution in [-0.2, 0) is 80.6 Å². The Morgan fingerprint density at radius 1 is 0.595 bits per heavy atom. The molecule has 16 rings (SSSR count). The largest absolute Gasteiger partial charge is 0.459 e. The number of rotatable bonds is 3. The number of nitrogens with two attached hydrogens (primary N) is 1. The summed E-state index contributed by atoms with van der Waals surface area (Å²) in [5, 5.41) is 22.9. The van der Waals surface area contributed by atoms with Crippen molar-refractivity contribution in [2.75, 3.05) is 6.54 Å². The van der Waals surface area contributed by atoms with Crippen LogP contribution in [0.1, 0.15) is 137 Å². The molecule has 440 valence electrons. The van der Waals surface area contributed by atoms with Crippen molar-refractivity contribution >= 4 is 5.97 Å². The molecule has 0 aromatic carbocycles. The summed E-state index contributed by atoms with van der Waals surface area (Å²) < 4.78 is 110. The van der Waals surface area contributed by atoms with E-state index in [9.17, 15) is 15.0 Å². The first-order valence-corrected chi connectivity index (χ1v) is 30.5. The minimum atomic E-state index is -1.36. The molecule has 16 aliphatic heterocycles. The van der Waals surface area contributed by atoms with Gasteiger partial charge in [-0.05, 0) is 93.7 Å². The molecule has 0 aromatic heterocycles. The second kappa shape index (κ2) is 19.6. The molecule has 16 fully saturated rings. The van der Waals surface area contributed by atoms with Crippen molar-refractivity contribution in [1.82, 2.24) is 0 Å². The Bertz CT molecular complexity index is 2380. The third kappa shape index (κ3) is 8.82. The fourth-order valence-electron chi connectivity index (χ4n) is 17.9. The Kier molecular flexibility index (Phi) is 13.4. The van der Waals surface area contributed by atoms with Crippen molar-refractivity contribution in [2.45, 2.75) is 307 Å². The van der Waals surface area contributed by atoms with Crippen LogP contribution in [0.15, 0.2) is 24.3 Å². The first-order chi connectivity index (χ1) is 37.9. The Labute approximate surface area is 462 Å². The highest BCUT2D eigenvalue weighted by Gasteiger charge is 2.77. The minimum Gasteiger partial charge on any atom is -0.459 e. The van der Waals surface area contributed by atoms with Gasteiger partial charge in [0.05, 0.1) is 79.7 Å². The van der Waals surface area contributed by atoms with Gasteiger partial charge in [0, 0.05) is 50.9 Å². The zero-order chi connectivity index (χ0) is 54.2. The number of fused-ring (bicyclic) bond motifs is 10. The summed E-state index contributed by atoms with van der Waals surface area (Å²) in [7, 11) is 0.